The second-order valence-corrected chi connectivity index (χ2v) is 8.57. The molecule has 0 bridgehead atoms. The zero-order chi connectivity index (χ0) is 19.0. The van der Waals surface area contributed by atoms with Crippen molar-refractivity contribution in [2.45, 2.75) is 17.4 Å². The molecule has 1 aromatic heterocycles. The summed E-state index contributed by atoms with van der Waals surface area (Å²) in [5.74, 6) is -0.0724. The average molecular weight is 378 g/mol. The molecule has 0 N–H and O–H groups in total. The van der Waals surface area contributed by atoms with Gasteiger partial charge in [-0.05, 0) is 41.0 Å². The van der Waals surface area contributed by atoms with Gasteiger partial charge in [0, 0.05) is 32.3 Å². The highest BCUT2D eigenvalue weighted by Crippen LogP contribution is 2.35. The Morgan fingerprint density at radius 3 is 2.56 bits per heavy atom. The Morgan fingerprint density at radius 2 is 1.89 bits per heavy atom. The lowest BCUT2D eigenvalue weighted by molar-refractivity contribution is 0.371. The van der Waals surface area contributed by atoms with Gasteiger partial charge in [0.05, 0.1) is 22.7 Å². The highest BCUT2D eigenvalue weighted by atomic mass is 32.2. The molecule has 0 saturated carbocycles. The maximum atomic E-state index is 13.2. The molecule has 1 aliphatic rings. The first-order valence-corrected chi connectivity index (χ1v) is 9.99. The highest BCUT2D eigenvalue weighted by molar-refractivity contribution is 7.89. The second-order valence-electron chi connectivity index (χ2n) is 6.63. The predicted octanol–water partition coefficient (Wildman–Crippen LogP) is 2.63. The van der Waals surface area contributed by atoms with E-state index in [1.54, 1.807) is 10.9 Å². The van der Waals surface area contributed by atoms with E-state index in [0.717, 1.165) is 16.7 Å². The number of sulfonamides is 1. The van der Waals surface area contributed by atoms with E-state index in [-0.39, 0.29) is 10.8 Å². The summed E-state index contributed by atoms with van der Waals surface area (Å²) < 4.78 is 29.6. The maximum absolute atomic E-state index is 13.2. The van der Waals surface area contributed by atoms with Gasteiger partial charge in [0.15, 0.2) is 0 Å². The Bertz CT molecular complexity index is 1130. The number of hydrogen-bond acceptors (Lipinski definition) is 4. The lowest BCUT2D eigenvalue weighted by Gasteiger charge is -2.33. The summed E-state index contributed by atoms with van der Waals surface area (Å²) in [7, 11) is -1.82. The van der Waals surface area contributed by atoms with Crippen LogP contribution in [-0.4, -0.2) is 29.0 Å². The number of aromatic nitrogens is 2. The van der Waals surface area contributed by atoms with Crippen LogP contribution in [0.5, 0.6) is 0 Å². The topological polar surface area (TPSA) is 79.0 Å². The Hall–Kier alpha value is -2.95. The molecule has 0 saturated heterocycles. The summed E-state index contributed by atoms with van der Waals surface area (Å²) in [6, 6.07) is 16.0. The first-order chi connectivity index (χ1) is 13.0. The summed E-state index contributed by atoms with van der Waals surface area (Å²) in [4.78, 5) is 0.200. The van der Waals surface area contributed by atoms with E-state index in [2.05, 4.69) is 11.2 Å². The quantitative estimate of drug-likeness (QED) is 0.702. The van der Waals surface area contributed by atoms with Crippen LogP contribution < -0.4 is 0 Å². The van der Waals surface area contributed by atoms with Crippen molar-refractivity contribution in [3.63, 3.8) is 0 Å². The van der Waals surface area contributed by atoms with E-state index in [4.69, 9.17) is 5.26 Å². The summed E-state index contributed by atoms with van der Waals surface area (Å²) in [5, 5.41) is 13.2. The summed E-state index contributed by atoms with van der Waals surface area (Å²) >= 11 is 0. The minimum atomic E-state index is -3.67. The Morgan fingerprint density at radius 1 is 1.15 bits per heavy atom. The number of aryl methyl sites for hydroxylation is 1. The Kier molecular flexibility index (Phi) is 4.30. The van der Waals surface area contributed by atoms with Gasteiger partial charge in [-0.3, -0.25) is 4.68 Å². The van der Waals surface area contributed by atoms with Gasteiger partial charge in [-0.1, -0.05) is 24.3 Å². The fourth-order valence-electron chi connectivity index (χ4n) is 3.51. The first kappa shape index (κ1) is 17.5. The van der Waals surface area contributed by atoms with Gasteiger partial charge in [-0.25, -0.2) is 8.42 Å². The molecule has 1 atom stereocenters. The lowest BCUT2D eigenvalue weighted by atomic mass is 9.87. The van der Waals surface area contributed by atoms with Crippen LogP contribution in [0, 0.1) is 11.3 Å². The van der Waals surface area contributed by atoms with Crippen LogP contribution in [0.2, 0.25) is 0 Å². The molecule has 136 valence electrons. The third-order valence-electron chi connectivity index (χ3n) is 4.91. The third-order valence-corrected chi connectivity index (χ3v) is 6.74. The van der Waals surface area contributed by atoms with E-state index >= 15 is 0 Å². The molecule has 0 radical (unpaired) electrons. The molecule has 2 aromatic carbocycles. The molecule has 0 aliphatic carbocycles. The monoisotopic (exact) mass is 378 g/mol. The van der Waals surface area contributed by atoms with E-state index < -0.39 is 10.0 Å². The van der Waals surface area contributed by atoms with Crippen LogP contribution >= 0.6 is 0 Å². The molecule has 27 heavy (non-hydrogen) atoms. The molecular weight excluding hydrogens is 360 g/mol. The van der Waals surface area contributed by atoms with Crippen LogP contribution in [-0.2, 0) is 23.6 Å². The van der Waals surface area contributed by atoms with Gasteiger partial charge >= 0.3 is 0 Å². The minimum Gasteiger partial charge on any atom is -0.276 e. The van der Waals surface area contributed by atoms with Crippen molar-refractivity contribution < 1.29 is 8.42 Å². The van der Waals surface area contributed by atoms with Crippen molar-refractivity contribution in [2.75, 3.05) is 6.54 Å². The smallest absolute Gasteiger partial charge is 0.243 e. The molecule has 2 heterocycles. The second kappa shape index (κ2) is 6.65. The molecule has 0 unspecified atom stereocenters. The number of benzene rings is 2. The van der Waals surface area contributed by atoms with Gasteiger partial charge in [-0.2, -0.15) is 14.7 Å². The van der Waals surface area contributed by atoms with Gasteiger partial charge in [0.2, 0.25) is 10.0 Å². The molecule has 3 aromatic rings. The zero-order valence-electron chi connectivity index (χ0n) is 14.8. The van der Waals surface area contributed by atoms with Gasteiger partial charge in [0.25, 0.3) is 0 Å². The zero-order valence-corrected chi connectivity index (χ0v) is 15.6. The van der Waals surface area contributed by atoms with Crippen molar-refractivity contribution in [2.24, 2.45) is 7.05 Å². The molecule has 0 spiro atoms. The lowest BCUT2D eigenvalue weighted by Crippen LogP contribution is -2.38. The molecule has 4 rings (SSSR count). The van der Waals surface area contributed by atoms with E-state index in [9.17, 15) is 8.42 Å². The largest absolute Gasteiger partial charge is 0.276 e. The molecule has 0 fully saturated rings. The van der Waals surface area contributed by atoms with Crippen LogP contribution in [0.4, 0.5) is 0 Å². The summed E-state index contributed by atoms with van der Waals surface area (Å²) in [6.45, 7) is 0.681. The minimum absolute atomic E-state index is 0.0724. The van der Waals surface area contributed by atoms with Gasteiger partial charge in [-0.15, -0.1) is 0 Å². The SMILES string of the molecule is Cn1cc([C@H]2CN(S(=O)(=O)c3ccc(C#N)cc3)Cc3ccccc32)cn1. The van der Waals surface area contributed by atoms with Crippen molar-refractivity contribution in [3.8, 4) is 6.07 Å². The van der Waals surface area contributed by atoms with Crippen LogP contribution in [0.1, 0.15) is 28.2 Å². The molecule has 7 heteroatoms. The van der Waals surface area contributed by atoms with Gasteiger partial charge < -0.3 is 0 Å². The van der Waals surface area contributed by atoms with Gasteiger partial charge in [0.1, 0.15) is 0 Å². The first-order valence-electron chi connectivity index (χ1n) is 8.55. The number of hydrogen-bond donors (Lipinski definition) is 0. The standard InChI is InChI=1S/C20H18N4O2S/c1-23-12-17(11-22-23)20-14-24(13-16-4-2-3-5-19(16)20)27(25,26)18-8-6-15(10-21)7-9-18/h2-9,11-12,20H,13-14H2,1H3/t20-/m1/s1. The fraction of sp³-hybridized carbons (Fsp3) is 0.200. The van der Waals surface area contributed by atoms with Crippen molar-refractivity contribution >= 4 is 10.0 Å². The number of nitrogens with zero attached hydrogens (tertiary/aromatic N) is 4. The highest BCUT2D eigenvalue weighted by Gasteiger charge is 2.34. The Balaban J connectivity index is 1.75. The van der Waals surface area contributed by atoms with Crippen molar-refractivity contribution in [1.82, 2.24) is 14.1 Å². The molecule has 6 nitrogen and oxygen atoms in total. The predicted molar refractivity (Wildman–Crippen MR) is 100 cm³/mol. The van der Waals surface area contributed by atoms with E-state index in [1.165, 1.54) is 28.6 Å². The molecule has 1 aliphatic heterocycles. The van der Waals surface area contributed by atoms with Crippen LogP contribution in [0.15, 0.2) is 65.8 Å². The molecular formula is C20H18N4O2S. The number of rotatable bonds is 3. The van der Waals surface area contributed by atoms with Crippen molar-refractivity contribution in [1.29, 1.82) is 5.26 Å². The summed E-state index contributed by atoms with van der Waals surface area (Å²) in [6.07, 6.45) is 3.72. The van der Waals surface area contributed by atoms with Crippen LogP contribution in [0.25, 0.3) is 0 Å². The molecule has 0 amide bonds. The number of nitriles is 1. The average Bonchev–Trinajstić information content (AvgIpc) is 3.13. The number of fused-ring (bicyclic) bond motifs is 1. The fourth-order valence-corrected chi connectivity index (χ4v) is 4.95. The maximum Gasteiger partial charge on any atom is 0.243 e. The summed E-state index contributed by atoms with van der Waals surface area (Å²) in [5.41, 5.74) is 3.56. The van der Waals surface area contributed by atoms with Crippen molar-refractivity contribution in [3.05, 3.63) is 83.2 Å². The van der Waals surface area contributed by atoms with E-state index in [1.807, 2.05) is 37.5 Å². The van der Waals surface area contributed by atoms with Crippen LogP contribution in [0.3, 0.4) is 0 Å². The third kappa shape index (κ3) is 3.14. The Labute approximate surface area is 158 Å². The van der Waals surface area contributed by atoms with E-state index in [0.29, 0.717) is 18.7 Å². The normalized spacial score (nSPS) is 17.3.